The van der Waals surface area contributed by atoms with Gasteiger partial charge < -0.3 is 11.1 Å². The average molecular weight is 285 g/mol. The number of aryl methyl sites for hydroxylation is 1. The van der Waals surface area contributed by atoms with Crippen LogP contribution in [0.3, 0.4) is 0 Å². The zero-order chi connectivity index (χ0) is 14.7. The van der Waals surface area contributed by atoms with Crippen molar-refractivity contribution >= 4 is 28.7 Å². The standard InChI is InChI=1S/C16H19N3S/c1-10(2)12-5-7-13(8-6-12)19-16-14(15(17)20)9-4-11(3)18-16/h4-10H,1-3H3,(H2,17,20)(H,18,19). The van der Waals surface area contributed by atoms with E-state index in [2.05, 4.69) is 36.3 Å². The second-order valence-corrected chi connectivity index (χ2v) is 5.55. The number of nitrogens with one attached hydrogen (secondary N) is 1. The monoisotopic (exact) mass is 285 g/mol. The second-order valence-electron chi connectivity index (χ2n) is 5.11. The van der Waals surface area contributed by atoms with Crippen LogP contribution in [0.4, 0.5) is 11.5 Å². The minimum Gasteiger partial charge on any atom is -0.389 e. The number of nitrogens with two attached hydrogens (primary N) is 1. The molecule has 104 valence electrons. The third-order valence-electron chi connectivity index (χ3n) is 3.14. The van der Waals surface area contributed by atoms with Gasteiger partial charge in [-0.1, -0.05) is 38.2 Å². The molecule has 0 atom stereocenters. The molecule has 0 bridgehead atoms. The van der Waals surface area contributed by atoms with Crippen LogP contribution in [0, 0.1) is 6.92 Å². The number of thiocarbonyl (C=S) groups is 1. The largest absolute Gasteiger partial charge is 0.389 e. The first kappa shape index (κ1) is 14.5. The molecule has 4 heteroatoms. The van der Waals surface area contributed by atoms with E-state index in [9.17, 15) is 0 Å². The molecule has 1 aromatic heterocycles. The summed E-state index contributed by atoms with van der Waals surface area (Å²) in [7, 11) is 0. The fourth-order valence-corrected chi connectivity index (χ4v) is 2.10. The number of pyridine rings is 1. The van der Waals surface area contributed by atoms with Gasteiger partial charge in [-0.3, -0.25) is 0 Å². The first-order valence-corrected chi connectivity index (χ1v) is 7.02. The maximum atomic E-state index is 5.73. The van der Waals surface area contributed by atoms with Crippen molar-refractivity contribution in [3.8, 4) is 0 Å². The minimum atomic E-state index is 0.346. The molecule has 0 aliphatic rings. The van der Waals surface area contributed by atoms with Gasteiger partial charge in [0.25, 0.3) is 0 Å². The molecule has 0 radical (unpaired) electrons. The molecular weight excluding hydrogens is 266 g/mol. The number of hydrogen-bond acceptors (Lipinski definition) is 3. The van der Waals surface area contributed by atoms with Crippen LogP contribution in [0.25, 0.3) is 0 Å². The number of rotatable bonds is 4. The fourth-order valence-electron chi connectivity index (χ4n) is 1.94. The summed E-state index contributed by atoms with van der Waals surface area (Å²) >= 11 is 5.06. The average Bonchev–Trinajstić information content (AvgIpc) is 2.39. The lowest BCUT2D eigenvalue weighted by molar-refractivity contribution is 0.867. The Balaban J connectivity index is 2.29. The molecule has 0 saturated carbocycles. The van der Waals surface area contributed by atoms with Crippen molar-refractivity contribution in [1.29, 1.82) is 0 Å². The Morgan fingerprint density at radius 1 is 1.15 bits per heavy atom. The Morgan fingerprint density at radius 2 is 1.80 bits per heavy atom. The molecule has 0 unspecified atom stereocenters. The van der Waals surface area contributed by atoms with Crippen LogP contribution in [0.15, 0.2) is 36.4 Å². The van der Waals surface area contributed by atoms with Crippen LogP contribution in [-0.2, 0) is 0 Å². The predicted molar refractivity (Wildman–Crippen MR) is 88.7 cm³/mol. The number of anilines is 2. The van der Waals surface area contributed by atoms with Gasteiger partial charge in [-0.2, -0.15) is 0 Å². The van der Waals surface area contributed by atoms with E-state index in [4.69, 9.17) is 18.0 Å². The lowest BCUT2D eigenvalue weighted by Crippen LogP contribution is -2.13. The predicted octanol–water partition coefficient (Wildman–Crippen LogP) is 3.89. The van der Waals surface area contributed by atoms with E-state index < -0.39 is 0 Å². The Hall–Kier alpha value is -1.94. The number of nitrogens with zero attached hydrogens (tertiary/aromatic N) is 1. The van der Waals surface area contributed by atoms with E-state index in [0.717, 1.165) is 16.9 Å². The molecule has 3 nitrogen and oxygen atoms in total. The molecule has 20 heavy (non-hydrogen) atoms. The van der Waals surface area contributed by atoms with Gasteiger partial charge in [0.15, 0.2) is 0 Å². The molecular formula is C16H19N3S. The van der Waals surface area contributed by atoms with Crippen molar-refractivity contribution in [1.82, 2.24) is 4.98 Å². The highest BCUT2D eigenvalue weighted by Gasteiger charge is 2.08. The van der Waals surface area contributed by atoms with Gasteiger partial charge in [-0.15, -0.1) is 0 Å². The van der Waals surface area contributed by atoms with Crippen molar-refractivity contribution in [2.24, 2.45) is 5.73 Å². The summed E-state index contributed by atoms with van der Waals surface area (Å²) in [5.41, 5.74) is 9.70. The van der Waals surface area contributed by atoms with Gasteiger partial charge in [0, 0.05) is 11.4 Å². The molecule has 2 aromatic rings. The summed E-state index contributed by atoms with van der Waals surface area (Å²) in [6.45, 7) is 6.29. The van der Waals surface area contributed by atoms with Crippen molar-refractivity contribution in [2.75, 3.05) is 5.32 Å². The maximum Gasteiger partial charge on any atom is 0.140 e. The summed E-state index contributed by atoms with van der Waals surface area (Å²) in [5.74, 6) is 1.23. The second kappa shape index (κ2) is 6.01. The van der Waals surface area contributed by atoms with Crippen LogP contribution in [0.5, 0.6) is 0 Å². The van der Waals surface area contributed by atoms with E-state index in [0.29, 0.717) is 16.7 Å². The van der Waals surface area contributed by atoms with Gasteiger partial charge >= 0.3 is 0 Å². The number of hydrogen-bond donors (Lipinski definition) is 2. The van der Waals surface area contributed by atoms with E-state index >= 15 is 0 Å². The van der Waals surface area contributed by atoms with E-state index in [1.165, 1.54) is 5.56 Å². The highest BCUT2D eigenvalue weighted by Crippen LogP contribution is 2.22. The fraction of sp³-hybridized carbons (Fsp3) is 0.250. The SMILES string of the molecule is Cc1ccc(C(N)=S)c(Nc2ccc(C(C)C)cc2)n1. The Morgan fingerprint density at radius 3 is 2.35 bits per heavy atom. The zero-order valence-electron chi connectivity index (χ0n) is 12.0. The maximum absolute atomic E-state index is 5.73. The first-order valence-electron chi connectivity index (χ1n) is 6.62. The van der Waals surface area contributed by atoms with Crippen molar-refractivity contribution < 1.29 is 0 Å². The smallest absolute Gasteiger partial charge is 0.140 e. The molecule has 3 N–H and O–H groups in total. The van der Waals surface area contributed by atoms with Gasteiger partial charge in [0.1, 0.15) is 10.8 Å². The third kappa shape index (κ3) is 3.33. The van der Waals surface area contributed by atoms with E-state index in [-0.39, 0.29) is 0 Å². The van der Waals surface area contributed by atoms with E-state index in [1.54, 1.807) is 0 Å². The molecule has 0 amide bonds. The zero-order valence-corrected chi connectivity index (χ0v) is 12.8. The van der Waals surface area contributed by atoms with Crippen LogP contribution < -0.4 is 11.1 Å². The van der Waals surface area contributed by atoms with Gasteiger partial charge in [-0.05, 0) is 42.7 Å². The molecule has 1 aromatic carbocycles. The summed E-state index contributed by atoms with van der Waals surface area (Å²) in [6.07, 6.45) is 0. The lowest BCUT2D eigenvalue weighted by atomic mass is 10.0. The molecule has 0 spiro atoms. The molecule has 0 aliphatic heterocycles. The molecule has 0 fully saturated rings. The van der Waals surface area contributed by atoms with Gasteiger partial charge in [-0.25, -0.2) is 4.98 Å². The first-order chi connectivity index (χ1) is 9.47. The minimum absolute atomic E-state index is 0.346. The van der Waals surface area contributed by atoms with Crippen LogP contribution in [0.2, 0.25) is 0 Å². The Kier molecular flexibility index (Phi) is 4.35. The summed E-state index contributed by atoms with van der Waals surface area (Å²) in [4.78, 5) is 4.81. The van der Waals surface area contributed by atoms with Gasteiger partial charge in [0.05, 0.1) is 5.56 Å². The van der Waals surface area contributed by atoms with Crippen molar-refractivity contribution in [3.63, 3.8) is 0 Å². The molecule has 1 heterocycles. The highest BCUT2D eigenvalue weighted by atomic mass is 32.1. The molecule has 0 saturated heterocycles. The Bertz CT molecular complexity index is 618. The van der Waals surface area contributed by atoms with Crippen molar-refractivity contribution in [2.45, 2.75) is 26.7 Å². The Labute approximate surface area is 125 Å². The number of aromatic nitrogens is 1. The summed E-state index contributed by atoms with van der Waals surface area (Å²) in [6, 6.07) is 12.1. The van der Waals surface area contributed by atoms with Crippen LogP contribution in [0.1, 0.15) is 36.6 Å². The molecule has 0 aliphatic carbocycles. The summed E-state index contributed by atoms with van der Waals surface area (Å²) < 4.78 is 0. The normalized spacial score (nSPS) is 10.6. The quantitative estimate of drug-likeness (QED) is 0.837. The molecule has 2 rings (SSSR count). The van der Waals surface area contributed by atoms with Crippen molar-refractivity contribution in [3.05, 3.63) is 53.2 Å². The topological polar surface area (TPSA) is 50.9 Å². The number of benzene rings is 1. The third-order valence-corrected chi connectivity index (χ3v) is 3.36. The van der Waals surface area contributed by atoms with Crippen LogP contribution >= 0.6 is 12.2 Å². The van der Waals surface area contributed by atoms with Crippen LogP contribution in [-0.4, -0.2) is 9.97 Å². The summed E-state index contributed by atoms with van der Waals surface area (Å²) in [5, 5.41) is 3.28. The van der Waals surface area contributed by atoms with Gasteiger partial charge in [0.2, 0.25) is 0 Å². The highest BCUT2D eigenvalue weighted by molar-refractivity contribution is 7.80. The van der Waals surface area contributed by atoms with E-state index in [1.807, 2.05) is 31.2 Å². The lowest BCUT2D eigenvalue weighted by Gasteiger charge is -2.12.